The van der Waals surface area contributed by atoms with E-state index in [1.165, 1.54) is 18.2 Å². The molecule has 0 saturated carbocycles. The highest BCUT2D eigenvalue weighted by atomic mass is 19.1. The third-order valence-corrected chi connectivity index (χ3v) is 4.95. The van der Waals surface area contributed by atoms with Crippen LogP contribution < -0.4 is 0 Å². The van der Waals surface area contributed by atoms with Crippen molar-refractivity contribution in [3.05, 3.63) is 71.6 Å². The van der Waals surface area contributed by atoms with Crippen molar-refractivity contribution in [1.82, 2.24) is 15.0 Å². The second kappa shape index (κ2) is 7.88. The molecule has 7 heteroatoms. The highest BCUT2D eigenvalue weighted by molar-refractivity contribution is 5.79. The number of halogens is 2. The van der Waals surface area contributed by atoms with Crippen LogP contribution in [0.25, 0.3) is 11.4 Å². The molecule has 144 valence electrons. The first-order valence-corrected chi connectivity index (χ1v) is 9.21. The van der Waals surface area contributed by atoms with Crippen molar-refractivity contribution >= 4 is 5.91 Å². The van der Waals surface area contributed by atoms with Crippen LogP contribution in [0.15, 0.2) is 53.1 Å². The number of hydrogen-bond acceptors (Lipinski definition) is 4. The van der Waals surface area contributed by atoms with E-state index in [9.17, 15) is 13.6 Å². The van der Waals surface area contributed by atoms with Crippen molar-refractivity contribution in [2.24, 2.45) is 0 Å². The van der Waals surface area contributed by atoms with E-state index in [1.54, 1.807) is 35.2 Å². The molecule has 0 spiro atoms. The summed E-state index contributed by atoms with van der Waals surface area (Å²) in [5, 5.41) is 3.95. The van der Waals surface area contributed by atoms with Crippen LogP contribution in [-0.2, 0) is 11.2 Å². The number of likely N-dealkylation sites (tertiary alicyclic amines) is 1. The van der Waals surface area contributed by atoms with Crippen molar-refractivity contribution in [2.45, 2.75) is 25.2 Å². The summed E-state index contributed by atoms with van der Waals surface area (Å²) in [5.74, 6) is -0.202. The van der Waals surface area contributed by atoms with Gasteiger partial charge in [0.25, 0.3) is 0 Å². The summed E-state index contributed by atoms with van der Waals surface area (Å²) in [6.45, 7) is 1.06. The summed E-state index contributed by atoms with van der Waals surface area (Å²) in [6.07, 6.45) is 1.64. The Bertz CT molecular complexity index is 989. The summed E-state index contributed by atoms with van der Waals surface area (Å²) in [4.78, 5) is 18.7. The Morgan fingerprint density at radius 2 is 2.04 bits per heavy atom. The number of aromatic nitrogens is 2. The van der Waals surface area contributed by atoms with E-state index in [2.05, 4.69) is 10.1 Å². The lowest BCUT2D eigenvalue weighted by molar-refractivity contribution is -0.131. The predicted octanol–water partition coefficient (Wildman–Crippen LogP) is 3.96. The topological polar surface area (TPSA) is 59.2 Å². The molecule has 3 aromatic rings. The largest absolute Gasteiger partial charge is 0.342 e. The van der Waals surface area contributed by atoms with Crippen LogP contribution in [0.1, 0.15) is 30.2 Å². The molecule has 1 amide bonds. The smallest absolute Gasteiger partial charge is 0.231 e. The lowest BCUT2D eigenvalue weighted by atomic mass is 9.97. The van der Waals surface area contributed by atoms with Gasteiger partial charge < -0.3 is 9.42 Å². The summed E-state index contributed by atoms with van der Waals surface area (Å²) < 4.78 is 32.6. The van der Waals surface area contributed by atoms with Gasteiger partial charge in [-0.15, -0.1) is 0 Å². The van der Waals surface area contributed by atoms with Crippen LogP contribution in [0.4, 0.5) is 8.78 Å². The first-order chi connectivity index (χ1) is 13.6. The molecule has 0 aliphatic carbocycles. The highest BCUT2D eigenvalue weighted by Crippen LogP contribution is 2.28. The number of carbonyl (C=O) groups is 1. The fraction of sp³-hybridized carbons (Fsp3) is 0.286. The van der Waals surface area contributed by atoms with Gasteiger partial charge in [-0.2, -0.15) is 4.98 Å². The molecular weight excluding hydrogens is 364 g/mol. The average molecular weight is 383 g/mol. The summed E-state index contributed by atoms with van der Waals surface area (Å²) in [7, 11) is 0. The third-order valence-electron chi connectivity index (χ3n) is 4.95. The molecule has 28 heavy (non-hydrogen) atoms. The SMILES string of the molecule is O=C(Cc1ccccc1F)N1CCCC(c2nc(-c3cccc(F)c3)no2)C1. The normalized spacial score (nSPS) is 16.9. The van der Waals surface area contributed by atoms with E-state index in [1.807, 2.05) is 0 Å². The van der Waals surface area contributed by atoms with Crippen LogP contribution in [-0.4, -0.2) is 34.0 Å². The Kier molecular flexibility index (Phi) is 5.14. The Morgan fingerprint density at radius 1 is 1.18 bits per heavy atom. The van der Waals surface area contributed by atoms with Crippen LogP contribution >= 0.6 is 0 Å². The Morgan fingerprint density at radius 3 is 2.86 bits per heavy atom. The summed E-state index contributed by atoms with van der Waals surface area (Å²) in [6, 6.07) is 12.3. The number of rotatable bonds is 4. The number of hydrogen-bond donors (Lipinski definition) is 0. The fourth-order valence-corrected chi connectivity index (χ4v) is 3.47. The molecule has 1 unspecified atom stereocenters. The number of nitrogens with zero attached hydrogens (tertiary/aromatic N) is 3. The average Bonchev–Trinajstić information content (AvgIpc) is 3.20. The Labute approximate surface area is 161 Å². The molecule has 0 bridgehead atoms. The van der Waals surface area contributed by atoms with Crippen molar-refractivity contribution in [3.8, 4) is 11.4 Å². The van der Waals surface area contributed by atoms with E-state index in [0.717, 1.165) is 12.8 Å². The molecule has 1 fully saturated rings. The van der Waals surface area contributed by atoms with Gasteiger partial charge in [-0.05, 0) is 36.6 Å². The van der Waals surface area contributed by atoms with Crippen molar-refractivity contribution in [1.29, 1.82) is 0 Å². The molecule has 4 rings (SSSR count). The molecule has 0 radical (unpaired) electrons. The molecule has 1 aliphatic rings. The third kappa shape index (κ3) is 3.93. The van der Waals surface area contributed by atoms with Gasteiger partial charge in [0, 0.05) is 18.7 Å². The molecule has 1 aliphatic heterocycles. The minimum absolute atomic E-state index is 0.0256. The zero-order chi connectivity index (χ0) is 19.5. The van der Waals surface area contributed by atoms with E-state index in [-0.39, 0.29) is 29.9 Å². The maximum atomic E-state index is 13.8. The number of piperidine rings is 1. The van der Waals surface area contributed by atoms with Crippen LogP contribution in [0, 0.1) is 11.6 Å². The van der Waals surface area contributed by atoms with Gasteiger partial charge >= 0.3 is 0 Å². The van der Waals surface area contributed by atoms with Gasteiger partial charge in [0.1, 0.15) is 11.6 Å². The molecule has 2 heterocycles. The van der Waals surface area contributed by atoms with Gasteiger partial charge in [-0.1, -0.05) is 35.5 Å². The lowest BCUT2D eigenvalue weighted by Crippen LogP contribution is -2.40. The van der Waals surface area contributed by atoms with Crippen LogP contribution in [0.2, 0.25) is 0 Å². The highest BCUT2D eigenvalue weighted by Gasteiger charge is 2.29. The number of benzene rings is 2. The maximum absolute atomic E-state index is 13.8. The van der Waals surface area contributed by atoms with Gasteiger partial charge in [0.15, 0.2) is 0 Å². The quantitative estimate of drug-likeness (QED) is 0.684. The Hall–Kier alpha value is -3.09. The van der Waals surface area contributed by atoms with Crippen molar-refractivity contribution in [3.63, 3.8) is 0 Å². The van der Waals surface area contributed by atoms with Crippen molar-refractivity contribution in [2.75, 3.05) is 13.1 Å². The summed E-state index contributed by atoms with van der Waals surface area (Å²) in [5.41, 5.74) is 0.930. The van der Waals surface area contributed by atoms with E-state index < -0.39 is 0 Å². The summed E-state index contributed by atoms with van der Waals surface area (Å²) >= 11 is 0. The first kappa shape index (κ1) is 18.3. The molecule has 1 saturated heterocycles. The zero-order valence-electron chi connectivity index (χ0n) is 15.1. The molecule has 1 aromatic heterocycles. The lowest BCUT2D eigenvalue weighted by Gasteiger charge is -2.31. The second-order valence-corrected chi connectivity index (χ2v) is 6.91. The number of amides is 1. The molecular formula is C21H19F2N3O2. The van der Waals surface area contributed by atoms with E-state index in [4.69, 9.17) is 4.52 Å². The van der Waals surface area contributed by atoms with Gasteiger partial charge in [0.2, 0.25) is 17.6 Å². The first-order valence-electron chi connectivity index (χ1n) is 9.21. The van der Waals surface area contributed by atoms with Crippen molar-refractivity contribution < 1.29 is 18.1 Å². The van der Waals surface area contributed by atoms with Crippen LogP contribution in [0.5, 0.6) is 0 Å². The van der Waals surface area contributed by atoms with Gasteiger partial charge in [-0.25, -0.2) is 8.78 Å². The second-order valence-electron chi connectivity index (χ2n) is 6.91. The molecule has 0 N–H and O–H groups in total. The molecule has 1 atom stereocenters. The zero-order valence-corrected chi connectivity index (χ0v) is 15.1. The fourth-order valence-electron chi connectivity index (χ4n) is 3.47. The molecule has 5 nitrogen and oxygen atoms in total. The minimum atomic E-state index is -0.374. The van der Waals surface area contributed by atoms with Crippen LogP contribution in [0.3, 0.4) is 0 Å². The minimum Gasteiger partial charge on any atom is -0.342 e. The number of carbonyl (C=O) groups excluding carboxylic acids is 1. The Balaban J connectivity index is 1.45. The predicted molar refractivity (Wildman–Crippen MR) is 98.4 cm³/mol. The van der Waals surface area contributed by atoms with E-state index in [0.29, 0.717) is 35.9 Å². The van der Waals surface area contributed by atoms with E-state index >= 15 is 0 Å². The standard InChI is InChI=1S/C21H19F2N3O2/c22-17-8-3-6-15(11-17)20-24-21(28-25-20)16-7-4-10-26(13-16)19(27)12-14-5-1-2-9-18(14)23/h1-3,5-6,8-9,11,16H,4,7,10,12-13H2. The van der Waals surface area contributed by atoms with Gasteiger partial charge in [-0.3, -0.25) is 4.79 Å². The molecule has 2 aromatic carbocycles. The van der Waals surface area contributed by atoms with Gasteiger partial charge in [0.05, 0.1) is 12.3 Å². The maximum Gasteiger partial charge on any atom is 0.231 e. The monoisotopic (exact) mass is 383 g/mol.